The third-order valence-electron chi connectivity index (χ3n) is 2.01. The first kappa shape index (κ1) is 12.6. The van der Waals surface area contributed by atoms with Crippen LogP contribution in [0.1, 0.15) is 13.3 Å². The van der Waals surface area contributed by atoms with Crippen LogP contribution in [0.2, 0.25) is 0 Å². The van der Waals surface area contributed by atoms with E-state index in [1.54, 1.807) is 6.92 Å². The van der Waals surface area contributed by atoms with Gasteiger partial charge in [0.2, 0.25) is 0 Å². The van der Waals surface area contributed by atoms with Gasteiger partial charge in [-0.2, -0.15) is 0 Å². The summed E-state index contributed by atoms with van der Waals surface area (Å²) in [6, 6.07) is 0.513. The molecule has 7 heteroatoms. The quantitative estimate of drug-likeness (QED) is 0.446. The molecule has 0 aromatic carbocycles. The van der Waals surface area contributed by atoms with E-state index in [0.717, 1.165) is 0 Å². The number of halogens is 2. The highest BCUT2D eigenvalue weighted by atomic mass is 19.1. The fourth-order valence-corrected chi connectivity index (χ4v) is 1.17. The summed E-state index contributed by atoms with van der Waals surface area (Å²) >= 11 is 0. The molecule has 1 aromatic heterocycles. The van der Waals surface area contributed by atoms with E-state index in [1.165, 1.54) is 0 Å². The zero-order valence-electron chi connectivity index (χ0n) is 8.80. The Hall–Kier alpha value is -1.47. The van der Waals surface area contributed by atoms with Gasteiger partial charge in [0, 0.05) is 18.7 Å². The smallest absolute Gasteiger partial charge is 0.178 e. The molecule has 0 radical (unpaired) electrons. The van der Waals surface area contributed by atoms with Gasteiger partial charge in [0.15, 0.2) is 23.3 Å². The minimum absolute atomic E-state index is 0.0288. The lowest BCUT2D eigenvalue weighted by Crippen LogP contribution is -2.20. The molecule has 1 unspecified atom stereocenters. The Morgan fingerprint density at radius 2 is 2.06 bits per heavy atom. The molecule has 1 heterocycles. The van der Waals surface area contributed by atoms with Crippen molar-refractivity contribution in [3.63, 3.8) is 0 Å². The van der Waals surface area contributed by atoms with E-state index in [0.29, 0.717) is 12.5 Å². The van der Waals surface area contributed by atoms with Gasteiger partial charge in [-0.15, -0.1) is 0 Å². The first-order valence-corrected chi connectivity index (χ1v) is 4.78. The lowest BCUT2D eigenvalue weighted by Gasteiger charge is -2.14. The second kappa shape index (κ2) is 5.57. The van der Waals surface area contributed by atoms with E-state index in [2.05, 4.69) is 10.3 Å². The Morgan fingerprint density at radius 1 is 1.44 bits per heavy atom. The summed E-state index contributed by atoms with van der Waals surface area (Å²) in [5.41, 5.74) is 2.03. The highest BCUT2D eigenvalue weighted by Crippen LogP contribution is 2.19. The molecule has 0 spiro atoms. The summed E-state index contributed by atoms with van der Waals surface area (Å²) in [6.45, 7) is 1.72. The van der Waals surface area contributed by atoms with Crippen LogP contribution >= 0.6 is 0 Å². The molecule has 90 valence electrons. The molecule has 0 saturated heterocycles. The van der Waals surface area contributed by atoms with Gasteiger partial charge in [0.05, 0.1) is 0 Å². The molecule has 0 bridgehead atoms. The standard InChI is InChI=1S/C9H14F2N4O/c1-5(2-3-16)13-8-6(10)4-7(11)9(14-8)15-12/h4-5,16H,2-3,12H2,1H3,(H2,13,14,15). The van der Waals surface area contributed by atoms with Crippen LogP contribution in [-0.2, 0) is 0 Å². The molecule has 1 rings (SSSR count). The minimum atomic E-state index is -0.861. The van der Waals surface area contributed by atoms with Gasteiger partial charge in [0.1, 0.15) is 0 Å². The topological polar surface area (TPSA) is 83.2 Å². The summed E-state index contributed by atoms with van der Waals surface area (Å²) < 4.78 is 26.3. The van der Waals surface area contributed by atoms with Crippen molar-refractivity contribution in [1.29, 1.82) is 0 Å². The van der Waals surface area contributed by atoms with Crippen LogP contribution in [0.25, 0.3) is 0 Å². The number of nitrogens with two attached hydrogens (primary N) is 1. The molecule has 16 heavy (non-hydrogen) atoms. The van der Waals surface area contributed by atoms with Crippen LogP contribution in [0.15, 0.2) is 6.07 Å². The van der Waals surface area contributed by atoms with E-state index < -0.39 is 11.6 Å². The molecule has 5 N–H and O–H groups in total. The Balaban J connectivity index is 2.87. The summed E-state index contributed by atoms with van der Waals surface area (Å²) in [7, 11) is 0. The van der Waals surface area contributed by atoms with Crippen molar-refractivity contribution < 1.29 is 13.9 Å². The molecule has 0 aliphatic carbocycles. The Morgan fingerprint density at radius 3 is 2.62 bits per heavy atom. The SMILES string of the molecule is CC(CCO)Nc1nc(NN)c(F)cc1F. The van der Waals surface area contributed by atoms with Gasteiger partial charge in [-0.05, 0) is 13.3 Å². The molecule has 5 nitrogen and oxygen atoms in total. The molecule has 0 aliphatic heterocycles. The van der Waals surface area contributed by atoms with Gasteiger partial charge in [0.25, 0.3) is 0 Å². The van der Waals surface area contributed by atoms with E-state index in [9.17, 15) is 8.78 Å². The van der Waals surface area contributed by atoms with Crippen molar-refractivity contribution in [2.75, 3.05) is 17.3 Å². The Kier molecular flexibility index (Phi) is 4.39. The largest absolute Gasteiger partial charge is 0.396 e. The zero-order chi connectivity index (χ0) is 12.1. The molecule has 0 amide bonds. The third kappa shape index (κ3) is 3.01. The number of hydrogen-bond donors (Lipinski definition) is 4. The van der Waals surface area contributed by atoms with Crippen molar-refractivity contribution in [2.45, 2.75) is 19.4 Å². The minimum Gasteiger partial charge on any atom is -0.396 e. The van der Waals surface area contributed by atoms with Crippen molar-refractivity contribution in [3.05, 3.63) is 17.7 Å². The Labute approximate surface area is 91.6 Å². The van der Waals surface area contributed by atoms with Crippen molar-refractivity contribution in [1.82, 2.24) is 4.98 Å². The van der Waals surface area contributed by atoms with Crippen LogP contribution in [0.3, 0.4) is 0 Å². The monoisotopic (exact) mass is 232 g/mol. The van der Waals surface area contributed by atoms with E-state index in [1.807, 2.05) is 5.43 Å². The molecule has 0 fully saturated rings. The number of nitrogens with one attached hydrogen (secondary N) is 2. The van der Waals surface area contributed by atoms with Gasteiger partial charge >= 0.3 is 0 Å². The van der Waals surface area contributed by atoms with Crippen LogP contribution in [0, 0.1) is 11.6 Å². The third-order valence-corrected chi connectivity index (χ3v) is 2.01. The lowest BCUT2D eigenvalue weighted by atomic mass is 10.2. The van der Waals surface area contributed by atoms with Gasteiger partial charge < -0.3 is 15.8 Å². The maximum Gasteiger partial charge on any atom is 0.178 e. The maximum atomic E-state index is 13.3. The molecular formula is C9H14F2N4O. The number of nitrogens with zero attached hydrogens (tertiary/aromatic N) is 1. The summed E-state index contributed by atoms with van der Waals surface area (Å²) in [5, 5.41) is 11.4. The van der Waals surface area contributed by atoms with Gasteiger partial charge in [-0.25, -0.2) is 19.6 Å². The number of pyridine rings is 1. The average molecular weight is 232 g/mol. The molecule has 0 aliphatic rings. The second-order valence-corrected chi connectivity index (χ2v) is 3.35. The van der Waals surface area contributed by atoms with Crippen LogP contribution in [-0.4, -0.2) is 22.7 Å². The fraction of sp³-hybridized carbons (Fsp3) is 0.444. The van der Waals surface area contributed by atoms with Gasteiger partial charge in [-0.1, -0.05) is 0 Å². The molecule has 0 saturated carbocycles. The normalized spacial score (nSPS) is 12.3. The second-order valence-electron chi connectivity index (χ2n) is 3.35. The highest BCUT2D eigenvalue weighted by molar-refractivity contribution is 5.47. The van der Waals surface area contributed by atoms with E-state index in [4.69, 9.17) is 10.9 Å². The van der Waals surface area contributed by atoms with Crippen LogP contribution < -0.4 is 16.6 Å². The number of hydrazine groups is 1. The van der Waals surface area contributed by atoms with Crippen LogP contribution in [0.5, 0.6) is 0 Å². The number of nitrogen functional groups attached to an aromatic ring is 1. The van der Waals surface area contributed by atoms with E-state index in [-0.39, 0.29) is 24.3 Å². The van der Waals surface area contributed by atoms with Crippen molar-refractivity contribution >= 4 is 11.6 Å². The first-order chi connectivity index (χ1) is 7.58. The fourth-order valence-electron chi connectivity index (χ4n) is 1.17. The number of hydrogen-bond acceptors (Lipinski definition) is 5. The van der Waals surface area contributed by atoms with Crippen molar-refractivity contribution in [3.8, 4) is 0 Å². The molecule has 1 aromatic rings. The summed E-state index contributed by atoms with van der Waals surface area (Å²) in [6.07, 6.45) is 0.434. The number of anilines is 2. The maximum absolute atomic E-state index is 13.3. The number of aliphatic hydroxyl groups is 1. The lowest BCUT2D eigenvalue weighted by molar-refractivity contribution is 0.282. The van der Waals surface area contributed by atoms with Crippen molar-refractivity contribution in [2.24, 2.45) is 5.84 Å². The number of aliphatic hydroxyl groups excluding tert-OH is 1. The predicted molar refractivity (Wildman–Crippen MR) is 56.8 cm³/mol. The van der Waals surface area contributed by atoms with Crippen LogP contribution in [0.4, 0.5) is 20.4 Å². The summed E-state index contributed by atoms with van der Waals surface area (Å²) in [4.78, 5) is 3.63. The average Bonchev–Trinajstić information content (AvgIpc) is 2.22. The molecular weight excluding hydrogens is 218 g/mol. The summed E-state index contributed by atoms with van der Waals surface area (Å²) in [5.74, 6) is 3.01. The zero-order valence-corrected chi connectivity index (χ0v) is 8.80. The number of rotatable bonds is 5. The Bertz CT molecular complexity index is 362. The highest BCUT2D eigenvalue weighted by Gasteiger charge is 2.12. The van der Waals surface area contributed by atoms with E-state index >= 15 is 0 Å². The molecule has 1 atom stereocenters. The van der Waals surface area contributed by atoms with Gasteiger partial charge in [-0.3, -0.25) is 0 Å². The first-order valence-electron chi connectivity index (χ1n) is 4.78. The predicted octanol–water partition coefficient (Wildman–Crippen LogP) is 0.828. The number of aromatic nitrogens is 1.